The minimum Gasteiger partial charge on any atom is -0.441 e. The number of ether oxygens (including phenoxy) is 2. The monoisotopic (exact) mass is 322 g/mol. The summed E-state index contributed by atoms with van der Waals surface area (Å²) in [4.78, 5) is 26.6. The minimum absolute atomic E-state index is 0.0741. The van der Waals surface area contributed by atoms with E-state index in [9.17, 15) is 9.59 Å². The van der Waals surface area contributed by atoms with Gasteiger partial charge in [0, 0.05) is 17.9 Å². The van der Waals surface area contributed by atoms with Gasteiger partial charge < -0.3 is 19.5 Å². The standard InChI is InChI=1S/C14H16N2O5.C2H6/c17-8-12-7-16(14(19)21-12)11-3-1-10(2-4-11)15-5-6-20-9-13(15)18;1-2/h1-4,12,17H,5-9H2;1-2H3. The van der Waals surface area contributed by atoms with Crippen LogP contribution in [0, 0.1) is 0 Å². The molecule has 1 atom stereocenters. The summed E-state index contributed by atoms with van der Waals surface area (Å²) < 4.78 is 10.1. The first-order valence-corrected chi connectivity index (χ1v) is 7.76. The molecule has 2 heterocycles. The summed E-state index contributed by atoms with van der Waals surface area (Å²) in [6.07, 6.45) is -0.956. The molecule has 2 amide bonds. The predicted octanol–water partition coefficient (Wildman–Crippen LogP) is 1.39. The lowest BCUT2D eigenvalue weighted by Gasteiger charge is -2.27. The molecule has 0 radical (unpaired) electrons. The molecule has 126 valence electrons. The third-order valence-corrected chi connectivity index (χ3v) is 3.54. The van der Waals surface area contributed by atoms with E-state index in [2.05, 4.69) is 0 Å². The van der Waals surface area contributed by atoms with E-state index < -0.39 is 12.2 Å². The van der Waals surface area contributed by atoms with Crippen LogP contribution in [0.3, 0.4) is 0 Å². The number of hydrogen-bond acceptors (Lipinski definition) is 5. The number of benzene rings is 1. The zero-order chi connectivity index (χ0) is 16.8. The van der Waals surface area contributed by atoms with Crippen molar-refractivity contribution < 1.29 is 24.2 Å². The van der Waals surface area contributed by atoms with Crippen LogP contribution in [0.1, 0.15) is 13.8 Å². The fraction of sp³-hybridized carbons (Fsp3) is 0.500. The van der Waals surface area contributed by atoms with Crippen LogP contribution in [-0.4, -0.2) is 56.1 Å². The van der Waals surface area contributed by atoms with Gasteiger partial charge in [0.25, 0.3) is 5.91 Å². The van der Waals surface area contributed by atoms with E-state index in [0.29, 0.717) is 25.4 Å². The maximum Gasteiger partial charge on any atom is 0.414 e. The number of anilines is 2. The molecule has 0 aromatic heterocycles. The average molecular weight is 322 g/mol. The summed E-state index contributed by atoms with van der Waals surface area (Å²) in [6, 6.07) is 7.11. The largest absolute Gasteiger partial charge is 0.441 e. The smallest absolute Gasteiger partial charge is 0.414 e. The number of hydrogen-bond donors (Lipinski definition) is 1. The van der Waals surface area contributed by atoms with Gasteiger partial charge in [0.15, 0.2) is 0 Å². The number of amides is 2. The zero-order valence-corrected chi connectivity index (χ0v) is 13.4. The molecule has 0 bridgehead atoms. The average Bonchev–Trinajstić information content (AvgIpc) is 2.98. The zero-order valence-electron chi connectivity index (χ0n) is 13.4. The van der Waals surface area contributed by atoms with Gasteiger partial charge in [-0.3, -0.25) is 9.69 Å². The van der Waals surface area contributed by atoms with Crippen molar-refractivity contribution in [3.8, 4) is 0 Å². The van der Waals surface area contributed by atoms with Crippen LogP contribution in [0.5, 0.6) is 0 Å². The van der Waals surface area contributed by atoms with Gasteiger partial charge in [0.2, 0.25) is 0 Å². The minimum atomic E-state index is -0.488. The molecule has 2 fully saturated rings. The molecule has 1 aromatic carbocycles. The van der Waals surface area contributed by atoms with E-state index in [4.69, 9.17) is 14.6 Å². The second kappa shape index (κ2) is 7.94. The van der Waals surface area contributed by atoms with E-state index >= 15 is 0 Å². The lowest BCUT2D eigenvalue weighted by Crippen LogP contribution is -2.41. The molecule has 0 spiro atoms. The summed E-state index contributed by atoms with van der Waals surface area (Å²) in [5.74, 6) is -0.0741. The second-order valence-electron chi connectivity index (χ2n) is 4.91. The Hall–Kier alpha value is -2.12. The lowest BCUT2D eigenvalue weighted by molar-refractivity contribution is -0.125. The number of carbonyl (C=O) groups is 2. The molecular formula is C16H22N2O5. The number of carbonyl (C=O) groups excluding carboxylic acids is 2. The number of nitrogens with zero attached hydrogens (tertiary/aromatic N) is 2. The van der Waals surface area contributed by atoms with Gasteiger partial charge in [-0.1, -0.05) is 13.8 Å². The van der Waals surface area contributed by atoms with E-state index in [0.717, 1.165) is 5.69 Å². The Bertz CT molecular complexity index is 546. The van der Waals surface area contributed by atoms with Gasteiger partial charge in [0.05, 0.1) is 19.8 Å². The molecule has 0 aliphatic carbocycles. The van der Waals surface area contributed by atoms with Gasteiger partial charge in [-0.05, 0) is 24.3 Å². The molecule has 2 saturated heterocycles. The Balaban J connectivity index is 0.000000924. The second-order valence-corrected chi connectivity index (χ2v) is 4.91. The number of aliphatic hydroxyl groups excluding tert-OH is 1. The fourth-order valence-electron chi connectivity index (χ4n) is 2.43. The number of rotatable bonds is 3. The summed E-state index contributed by atoms with van der Waals surface area (Å²) in [5.41, 5.74) is 1.46. The van der Waals surface area contributed by atoms with Crippen molar-refractivity contribution in [2.24, 2.45) is 0 Å². The van der Waals surface area contributed by atoms with Crippen molar-refractivity contribution in [1.29, 1.82) is 0 Å². The van der Waals surface area contributed by atoms with Crippen LogP contribution in [0.2, 0.25) is 0 Å². The molecule has 3 rings (SSSR count). The molecule has 0 saturated carbocycles. The van der Waals surface area contributed by atoms with Gasteiger partial charge in [-0.15, -0.1) is 0 Å². The molecule has 2 aliphatic rings. The van der Waals surface area contributed by atoms with Crippen LogP contribution in [0.25, 0.3) is 0 Å². The van der Waals surface area contributed by atoms with Crippen molar-refractivity contribution in [2.45, 2.75) is 20.0 Å². The summed E-state index contributed by atoms with van der Waals surface area (Å²) in [5, 5.41) is 9.03. The van der Waals surface area contributed by atoms with E-state index in [1.54, 1.807) is 29.2 Å². The van der Waals surface area contributed by atoms with Crippen molar-refractivity contribution in [2.75, 3.05) is 42.7 Å². The van der Waals surface area contributed by atoms with Crippen LogP contribution >= 0.6 is 0 Å². The molecule has 1 N–H and O–H groups in total. The fourth-order valence-corrected chi connectivity index (χ4v) is 2.43. The third-order valence-electron chi connectivity index (χ3n) is 3.54. The predicted molar refractivity (Wildman–Crippen MR) is 85.7 cm³/mol. The Kier molecular flexibility index (Phi) is 5.95. The molecule has 23 heavy (non-hydrogen) atoms. The van der Waals surface area contributed by atoms with E-state index in [-0.39, 0.29) is 19.1 Å². The molecular weight excluding hydrogens is 300 g/mol. The Labute approximate surface area is 135 Å². The van der Waals surface area contributed by atoms with Gasteiger partial charge in [-0.25, -0.2) is 4.79 Å². The molecule has 7 nitrogen and oxygen atoms in total. The van der Waals surface area contributed by atoms with Crippen LogP contribution in [0.4, 0.5) is 16.2 Å². The van der Waals surface area contributed by atoms with Gasteiger partial charge >= 0.3 is 6.09 Å². The normalized spacial score (nSPS) is 20.9. The Morgan fingerprint density at radius 2 is 1.74 bits per heavy atom. The van der Waals surface area contributed by atoms with Crippen LogP contribution < -0.4 is 9.80 Å². The quantitative estimate of drug-likeness (QED) is 0.910. The van der Waals surface area contributed by atoms with E-state index in [1.807, 2.05) is 13.8 Å². The van der Waals surface area contributed by atoms with Gasteiger partial charge in [-0.2, -0.15) is 0 Å². The van der Waals surface area contributed by atoms with Crippen molar-refractivity contribution in [3.63, 3.8) is 0 Å². The Morgan fingerprint density at radius 3 is 2.26 bits per heavy atom. The van der Waals surface area contributed by atoms with Crippen LogP contribution in [-0.2, 0) is 14.3 Å². The topological polar surface area (TPSA) is 79.3 Å². The highest BCUT2D eigenvalue weighted by molar-refractivity contribution is 5.95. The highest BCUT2D eigenvalue weighted by Gasteiger charge is 2.31. The first-order chi connectivity index (χ1) is 11.2. The number of morpholine rings is 1. The van der Waals surface area contributed by atoms with Crippen molar-refractivity contribution >= 4 is 23.4 Å². The SMILES string of the molecule is CC.O=C1COCCN1c1ccc(N2CC(CO)OC2=O)cc1. The Morgan fingerprint density at radius 1 is 1.13 bits per heavy atom. The van der Waals surface area contributed by atoms with Crippen LogP contribution in [0.15, 0.2) is 24.3 Å². The summed E-state index contributed by atoms with van der Waals surface area (Å²) >= 11 is 0. The third kappa shape index (κ3) is 3.80. The highest BCUT2D eigenvalue weighted by Crippen LogP contribution is 2.25. The molecule has 2 aliphatic heterocycles. The highest BCUT2D eigenvalue weighted by atomic mass is 16.6. The summed E-state index contributed by atoms with van der Waals surface area (Å²) in [6.45, 7) is 5.27. The van der Waals surface area contributed by atoms with Gasteiger partial charge in [0.1, 0.15) is 12.7 Å². The number of aliphatic hydroxyl groups is 1. The molecule has 7 heteroatoms. The lowest BCUT2D eigenvalue weighted by atomic mass is 10.2. The van der Waals surface area contributed by atoms with Crippen molar-refractivity contribution in [1.82, 2.24) is 0 Å². The first kappa shape index (κ1) is 17.2. The maximum atomic E-state index is 11.8. The van der Waals surface area contributed by atoms with E-state index in [1.165, 1.54) is 4.90 Å². The summed E-state index contributed by atoms with van der Waals surface area (Å²) in [7, 11) is 0. The molecule has 1 unspecified atom stereocenters. The number of cyclic esters (lactones) is 1. The maximum absolute atomic E-state index is 11.8. The first-order valence-electron chi connectivity index (χ1n) is 7.76. The molecule has 1 aromatic rings. The van der Waals surface area contributed by atoms with Crippen molar-refractivity contribution in [3.05, 3.63) is 24.3 Å².